The Hall–Kier alpha value is -1.51. The molecule has 0 aromatic heterocycles. The molecule has 4 heteroatoms. The molecule has 0 aliphatic rings. The van der Waals surface area contributed by atoms with E-state index in [0.29, 0.717) is 0 Å². The highest BCUT2D eigenvalue weighted by Crippen LogP contribution is 2.29. The first-order valence-electron chi connectivity index (χ1n) is 5.27. The summed E-state index contributed by atoms with van der Waals surface area (Å²) in [5.74, 6) is 0. The summed E-state index contributed by atoms with van der Waals surface area (Å²) in [4.78, 5) is 2.80. The van der Waals surface area contributed by atoms with Crippen LogP contribution in [0.5, 0.6) is 0 Å². The van der Waals surface area contributed by atoms with Crippen LogP contribution in [0.25, 0.3) is 10.4 Å². The quantitative estimate of drug-likeness (QED) is 0.472. The molecule has 0 saturated carbocycles. The van der Waals surface area contributed by atoms with Crippen molar-refractivity contribution in [2.45, 2.75) is 39.8 Å². The number of benzene rings is 1. The van der Waals surface area contributed by atoms with Gasteiger partial charge in [0.25, 0.3) is 0 Å². The minimum absolute atomic E-state index is 0.509. The van der Waals surface area contributed by atoms with Crippen LogP contribution in [0.15, 0.2) is 17.2 Å². The van der Waals surface area contributed by atoms with Crippen molar-refractivity contribution in [2.24, 2.45) is 5.11 Å². The Morgan fingerprint density at radius 3 is 2.12 bits per heavy atom. The van der Waals surface area contributed by atoms with Crippen LogP contribution < -0.4 is 0 Å². The Balaban J connectivity index is 3.34. The fourth-order valence-corrected chi connectivity index (χ4v) is 2.11. The zero-order valence-electron chi connectivity index (χ0n) is 10.1. The first-order valence-corrected chi connectivity index (χ1v) is 5.27. The number of rotatable bonds is 3. The maximum Gasteiger partial charge on any atom is 0.0887 e. The predicted molar refractivity (Wildman–Crippen MR) is 64.2 cm³/mol. The highest BCUT2D eigenvalue weighted by Gasteiger charge is 2.19. The third kappa shape index (κ3) is 2.54. The number of nitrogens with zero attached hydrogens (tertiary/aromatic N) is 3. The van der Waals surface area contributed by atoms with E-state index < -0.39 is 12.1 Å². The van der Waals surface area contributed by atoms with Crippen LogP contribution in [0.4, 0.5) is 0 Å². The van der Waals surface area contributed by atoms with Crippen molar-refractivity contribution >= 4 is 0 Å². The van der Waals surface area contributed by atoms with E-state index in [1.165, 1.54) is 5.56 Å². The zero-order chi connectivity index (χ0) is 12.3. The second-order valence-corrected chi connectivity index (χ2v) is 4.20. The SMILES string of the molecule is Cc1cc(C)c([C@H](N=[N+]=[N-])[C@H](C)O)c(C)c1. The monoisotopic (exact) mass is 219 g/mol. The van der Waals surface area contributed by atoms with Crippen LogP contribution >= 0.6 is 0 Å². The lowest BCUT2D eigenvalue weighted by molar-refractivity contribution is 0.164. The Labute approximate surface area is 95.5 Å². The summed E-state index contributed by atoms with van der Waals surface area (Å²) < 4.78 is 0. The smallest absolute Gasteiger partial charge is 0.0887 e. The maximum absolute atomic E-state index is 9.65. The van der Waals surface area contributed by atoms with Crippen molar-refractivity contribution in [2.75, 3.05) is 0 Å². The summed E-state index contributed by atoms with van der Waals surface area (Å²) in [5.41, 5.74) is 12.7. The summed E-state index contributed by atoms with van der Waals surface area (Å²) in [5, 5.41) is 13.3. The number of hydrogen-bond donors (Lipinski definition) is 1. The Bertz CT molecular complexity index is 411. The van der Waals surface area contributed by atoms with Gasteiger partial charge in [-0.3, -0.25) is 0 Å². The molecule has 0 saturated heterocycles. The van der Waals surface area contributed by atoms with E-state index in [1.807, 2.05) is 32.9 Å². The van der Waals surface area contributed by atoms with Gasteiger partial charge >= 0.3 is 0 Å². The molecule has 0 heterocycles. The van der Waals surface area contributed by atoms with Crippen molar-refractivity contribution in [1.82, 2.24) is 0 Å². The van der Waals surface area contributed by atoms with Gasteiger partial charge in [0.05, 0.1) is 12.1 Å². The van der Waals surface area contributed by atoms with Gasteiger partial charge in [-0.1, -0.05) is 22.8 Å². The molecule has 86 valence electrons. The van der Waals surface area contributed by atoms with Gasteiger partial charge in [-0.15, -0.1) is 0 Å². The molecule has 1 rings (SSSR count). The number of azide groups is 1. The minimum atomic E-state index is -0.684. The van der Waals surface area contributed by atoms with Gasteiger partial charge in [0.15, 0.2) is 0 Å². The van der Waals surface area contributed by atoms with Crippen molar-refractivity contribution in [3.63, 3.8) is 0 Å². The van der Waals surface area contributed by atoms with Gasteiger partial charge in [-0.2, -0.15) is 0 Å². The molecule has 0 bridgehead atoms. The van der Waals surface area contributed by atoms with Crippen molar-refractivity contribution < 1.29 is 5.11 Å². The van der Waals surface area contributed by atoms with Crippen LogP contribution in [-0.4, -0.2) is 11.2 Å². The zero-order valence-corrected chi connectivity index (χ0v) is 10.1. The lowest BCUT2D eigenvalue weighted by atomic mass is 9.92. The fourth-order valence-electron chi connectivity index (χ4n) is 2.11. The van der Waals surface area contributed by atoms with E-state index in [0.717, 1.165) is 16.7 Å². The molecular formula is C12H17N3O. The highest BCUT2D eigenvalue weighted by molar-refractivity contribution is 5.40. The largest absolute Gasteiger partial charge is 0.393 e. The van der Waals surface area contributed by atoms with E-state index in [4.69, 9.17) is 5.53 Å². The summed E-state index contributed by atoms with van der Waals surface area (Å²) in [7, 11) is 0. The van der Waals surface area contributed by atoms with Gasteiger partial charge in [0, 0.05) is 4.91 Å². The highest BCUT2D eigenvalue weighted by atomic mass is 16.3. The van der Waals surface area contributed by atoms with Gasteiger partial charge in [0.1, 0.15) is 0 Å². The average molecular weight is 219 g/mol. The Morgan fingerprint density at radius 1 is 1.25 bits per heavy atom. The maximum atomic E-state index is 9.65. The van der Waals surface area contributed by atoms with Crippen molar-refractivity contribution in [3.8, 4) is 0 Å². The number of aliphatic hydroxyl groups is 1. The number of hydrogen-bond acceptors (Lipinski definition) is 2. The third-order valence-electron chi connectivity index (χ3n) is 2.67. The normalized spacial score (nSPS) is 14.1. The number of aryl methyl sites for hydroxylation is 3. The van der Waals surface area contributed by atoms with Crippen LogP contribution in [-0.2, 0) is 0 Å². The Morgan fingerprint density at radius 2 is 1.75 bits per heavy atom. The molecule has 0 spiro atoms. The first kappa shape index (κ1) is 12.6. The van der Waals surface area contributed by atoms with Gasteiger partial charge < -0.3 is 5.11 Å². The van der Waals surface area contributed by atoms with E-state index in [9.17, 15) is 5.11 Å². The van der Waals surface area contributed by atoms with Crippen LogP contribution in [0.2, 0.25) is 0 Å². The lowest BCUT2D eigenvalue weighted by Gasteiger charge is -2.20. The van der Waals surface area contributed by atoms with E-state index >= 15 is 0 Å². The van der Waals surface area contributed by atoms with E-state index in [-0.39, 0.29) is 0 Å². The van der Waals surface area contributed by atoms with Gasteiger partial charge in [-0.05, 0) is 49.9 Å². The number of aliphatic hydroxyl groups excluding tert-OH is 1. The molecule has 0 aliphatic heterocycles. The molecule has 1 aromatic rings. The molecular weight excluding hydrogens is 202 g/mol. The van der Waals surface area contributed by atoms with Crippen LogP contribution in [0.3, 0.4) is 0 Å². The molecule has 4 nitrogen and oxygen atoms in total. The summed E-state index contributed by atoms with van der Waals surface area (Å²) in [6.45, 7) is 7.60. The molecule has 0 amide bonds. The van der Waals surface area contributed by atoms with Crippen molar-refractivity contribution in [3.05, 3.63) is 44.8 Å². The molecule has 0 unspecified atom stereocenters. The van der Waals surface area contributed by atoms with Crippen LogP contribution in [0, 0.1) is 20.8 Å². The van der Waals surface area contributed by atoms with Crippen molar-refractivity contribution in [1.29, 1.82) is 0 Å². The average Bonchev–Trinajstić information content (AvgIpc) is 2.14. The second kappa shape index (κ2) is 5.01. The second-order valence-electron chi connectivity index (χ2n) is 4.20. The van der Waals surface area contributed by atoms with Gasteiger partial charge in [0.2, 0.25) is 0 Å². The minimum Gasteiger partial charge on any atom is -0.393 e. The molecule has 16 heavy (non-hydrogen) atoms. The first-order chi connectivity index (χ1) is 7.47. The molecule has 1 aromatic carbocycles. The molecule has 1 N–H and O–H groups in total. The van der Waals surface area contributed by atoms with E-state index in [1.54, 1.807) is 6.92 Å². The summed E-state index contributed by atoms with van der Waals surface area (Å²) in [6, 6.07) is 3.56. The lowest BCUT2D eigenvalue weighted by Crippen LogP contribution is -2.14. The fraction of sp³-hybridized carbons (Fsp3) is 0.500. The topological polar surface area (TPSA) is 69.0 Å². The standard InChI is InChI=1S/C12H17N3O/c1-7-5-8(2)11(9(3)6-7)12(10(4)16)14-15-13/h5-6,10,12,16H,1-4H3/t10-,12+/m0/s1. The summed E-state index contributed by atoms with van der Waals surface area (Å²) >= 11 is 0. The third-order valence-corrected chi connectivity index (χ3v) is 2.67. The van der Waals surface area contributed by atoms with E-state index in [2.05, 4.69) is 10.0 Å². The van der Waals surface area contributed by atoms with Crippen LogP contribution in [0.1, 0.15) is 35.2 Å². The van der Waals surface area contributed by atoms with Gasteiger partial charge in [-0.25, -0.2) is 0 Å². The molecule has 0 radical (unpaired) electrons. The predicted octanol–water partition coefficient (Wildman–Crippen LogP) is 3.34. The Kier molecular flexibility index (Phi) is 3.93. The summed E-state index contributed by atoms with van der Waals surface area (Å²) in [6.07, 6.45) is -0.684. The molecule has 0 aliphatic carbocycles. The molecule has 0 fully saturated rings. The molecule has 2 atom stereocenters.